The van der Waals surface area contributed by atoms with Crippen molar-refractivity contribution in [3.05, 3.63) is 424 Å². The summed E-state index contributed by atoms with van der Waals surface area (Å²) in [7, 11) is 0. The molecule has 0 atom stereocenters. The number of hydrogen-bond acceptors (Lipinski definition) is 22. The average Bonchev–Trinajstić information content (AvgIpc) is 0.920. The van der Waals surface area contributed by atoms with Crippen LogP contribution in [0.4, 0.5) is 0 Å². The standard InChI is InChI=1S/2C27H30N4O3.C6H14.8C5H5N.2Fe.4O.2U/c2*32-25-10-4-1-7-22(25)19-28-13-16-31(17-14-29-20-23-8-2-5-11-26(23)33)18-15-30-21-24-9-3-6-12-27(24)34;1-3-5-6-4-2;8*1-2-4-6-5-3-1;;;;;;;;/h2*1-12,19-21,32-34H,13-18H2;3-6H2,1-2H3;8*1-5H;;;;;;;;/q;;;;;;;;;;;2*+3;4*-2;2*+4/p-6. The molecule has 0 unspecified atom stereocenters. The summed E-state index contributed by atoms with van der Waals surface area (Å²) < 4.78 is 0. The molecule has 0 aliphatic carbocycles. The molecule has 0 saturated carbocycles. The number of aliphatic imine (C=N–C) groups is 6. The van der Waals surface area contributed by atoms with Gasteiger partial charge in [0.15, 0.2) is 0 Å². The van der Waals surface area contributed by atoms with Crippen molar-refractivity contribution < 1.29 is 149 Å². The minimum Gasteiger partial charge on any atom is -2.00 e. The van der Waals surface area contributed by atoms with E-state index >= 15 is 0 Å². The van der Waals surface area contributed by atoms with Crippen LogP contribution in [0.25, 0.3) is 0 Å². The Morgan fingerprint density at radius 1 is 0.208 bits per heavy atom. The van der Waals surface area contributed by atoms with E-state index in [1.807, 2.05) is 182 Å². The Morgan fingerprint density at radius 3 is 0.423 bits per heavy atom. The molecule has 0 aliphatic heterocycles. The topological polar surface area (TPSA) is 436 Å². The number of pyridine rings is 8. The van der Waals surface area contributed by atoms with Gasteiger partial charge in [0.2, 0.25) is 0 Å². The molecule has 0 N–H and O–H groups in total. The van der Waals surface area contributed by atoms with Gasteiger partial charge in [0.05, 0.1) is 39.3 Å². The molecule has 6 aromatic carbocycles. The smallest absolute Gasteiger partial charge is 2.00 e. The first-order valence-electron chi connectivity index (χ1n) is 40.0. The second-order valence-corrected chi connectivity index (χ2v) is 25.0. The number of para-hydroxylation sites is 6. The van der Waals surface area contributed by atoms with E-state index in [-0.39, 0.29) is 153 Å². The summed E-state index contributed by atoms with van der Waals surface area (Å²) in [6.45, 7) is 11.6. The molecule has 130 heavy (non-hydrogen) atoms. The van der Waals surface area contributed by atoms with Gasteiger partial charge < -0.3 is 52.5 Å². The maximum atomic E-state index is 11.8. The van der Waals surface area contributed by atoms with Gasteiger partial charge >= 0.3 is 96.4 Å². The minimum absolute atomic E-state index is 0. The van der Waals surface area contributed by atoms with Crippen molar-refractivity contribution in [3.8, 4) is 34.5 Å². The quantitative estimate of drug-likeness (QED) is 0.0262. The molecule has 0 saturated heterocycles. The van der Waals surface area contributed by atoms with Gasteiger partial charge in [-0.05, 0) is 130 Å². The van der Waals surface area contributed by atoms with E-state index in [0.29, 0.717) is 112 Å². The zero-order valence-corrected chi connectivity index (χ0v) is 83.2. The molecule has 0 bridgehead atoms. The van der Waals surface area contributed by atoms with Crippen LogP contribution in [0.2, 0.25) is 0 Å². The molecule has 0 aliphatic rings. The third-order valence-corrected chi connectivity index (χ3v) is 15.7. The van der Waals surface area contributed by atoms with E-state index in [0.717, 1.165) is 0 Å². The van der Waals surface area contributed by atoms with Gasteiger partial charge in [-0.2, -0.15) is 0 Å². The van der Waals surface area contributed by atoms with Crippen LogP contribution in [-0.2, 0) is 56.0 Å². The first kappa shape index (κ1) is 127. The summed E-state index contributed by atoms with van der Waals surface area (Å²) in [5, 5.41) is 70.8. The van der Waals surface area contributed by atoms with Gasteiger partial charge in [0.1, 0.15) is 0 Å². The summed E-state index contributed by atoms with van der Waals surface area (Å²) in [4.78, 5) is 61.0. The monoisotopic (exact) mass is 2280 g/mol. The number of hydrogen-bond donors (Lipinski definition) is 0. The number of rotatable bonds is 27. The molecular weight excluding hydrogens is 2170 g/mol. The van der Waals surface area contributed by atoms with Crippen LogP contribution in [0.15, 0.2) is 420 Å². The third kappa shape index (κ3) is 71.2. The van der Waals surface area contributed by atoms with Crippen molar-refractivity contribution in [1.82, 2.24) is 49.7 Å². The molecular formula is C100H108Fe2N16O10U2. The van der Waals surface area contributed by atoms with Gasteiger partial charge in [-0.1, -0.05) is 234 Å². The summed E-state index contributed by atoms with van der Waals surface area (Å²) >= 11 is 0. The van der Waals surface area contributed by atoms with Crippen molar-refractivity contribution in [2.45, 2.75) is 39.5 Å². The molecule has 14 rings (SSSR count). The van der Waals surface area contributed by atoms with Crippen LogP contribution in [0.3, 0.4) is 0 Å². The van der Waals surface area contributed by atoms with Crippen molar-refractivity contribution in [3.63, 3.8) is 0 Å². The van der Waals surface area contributed by atoms with Gasteiger partial charge in [-0.25, -0.2) is 0 Å². The Hall–Kier alpha value is -11.8. The second kappa shape index (κ2) is 93.4. The SMILES string of the molecule is CCCCCC.[Fe+3].[Fe+3].[O-2].[O-2].[O-2].[O-2].[O-]c1ccccc1C=NCCN(CCN=Cc1ccccc1[O-])CCN=Cc1ccccc1[O-].[O-]c1ccccc1C=NCCN(CCN=Cc1ccccc1[O-])CCN=Cc1ccccc1[O-].[U+4].[U+4].c1ccncc1.c1ccncc1.c1ccncc1.c1ccncc1.c1ccncc1.c1ccncc1.c1ccncc1.c1ccncc1. The molecule has 0 amide bonds. The van der Waals surface area contributed by atoms with Gasteiger partial charge in [-0.3, -0.25) is 79.6 Å². The van der Waals surface area contributed by atoms with Crippen LogP contribution in [0, 0.1) is 62.2 Å². The molecule has 26 nitrogen and oxygen atoms in total. The van der Waals surface area contributed by atoms with Crippen LogP contribution >= 0.6 is 0 Å². The molecule has 8 heterocycles. The molecule has 30 heteroatoms. The zero-order valence-electron chi connectivity index (χ0n) is 72.7. The fourth-order valence-electron chi connectivity index (χ4n) is 9.37. The molecule has 672 valence electrons. The summed E-state index contributed by atoms with van der Waals surface area (Å²) in [6, 6.07) is 86.4. The number of aromatic nitrogens is 8. The van der Waals surface area contributed by atoms with E-state index in [1.165, 1.54) is 62.1 Å². The average molecular weight is 2280 g/mol. The first-order valence-corrected chi connectivity index (χ1v) is 40.0. The summed E-state index contributed by atoms with van der Waals surface area (Å²) in [5.74, 6) is -0.311. The van der Waals surface area contributed by atoms with Gasteiger partial charge in [-0.15, -0.1) is 34.5 Å². The van der Waals surface area contributed by atoms with E-state index in [9.17, 15) is 30.6 Å². The third-order valence-electron chi connectivity index (χ3n) is 15.7. The van der Waals surface area contributed by atoms with Crippen LogP contribution < -0.4 is 30.6 Å². The van der Waals surface area contributed by atoms with E-state index in [4.69, 9.17) is 0 Å². The zero-order chi connectivity index (χ0) is 86.8. The van der Waals surface area contributed by atoms with Crippen molar-refractivity contribution >= 4 is 37.3 Å². The number of nitrogens with zero attached hydrogens (tertiary/aromatic N) is 16. The Kier molecular flexibility index (Phi) is 91.1. The fourth-order valence-corrected chi connectivity index (χ4v) is 9.37. The van der Waals surface area contributed by atoms with Crippen LogP contribution in [0.1, 0.15) is 72.9 Å². The molecule has 0 fully saturated rings. The number of benzene rings is 6. The largest absolute Gasteiger partial charge is 4.00 e. The van der Waals surface area contributed by atoms with E-state index in [2.05, 4.69) is 93.5 Å². The normalized spacial score (nSPS) is 9.60. The van der Waals surface area contributed by atoms with Crippen molar-refractivity contribution in [2.24, 2.45) is 30.0 Å². The Balaban J connectivity index is -0.000000491. The molecule has 0 spiro atoms. The van der Waals surface area contributed by atoms with Crippen LogP contribution in [0.5, 0.6) is 34.5 Å². The maximum Gasteiger partial charge on any atom is 4.00 e. The van der Waals surface area contributed by atoms with Gasteiger partial charge in [0, 0.05) is 176 Å². The molecule has 14 aromatic rings. The maximum absolute atomic E-state index is 11.8. The second-order valence-electron chi connectivity index (χ2n) is 25.0. The number of unbranched alkanes of at least 4 members (excludes halogenated alkanes) is 3. The van der Waals surface area contributed by atoms with Crippen molar-refractivity contribution in [1.29, 1.82) is 0 Å². The van der Waals surface area contributed by atoms with E-state index < -0.39 is 0 Å². The first-order chi connectivity index (χ1) is 60.2. The Labute approximate surface area is 834 Å². The van der Waals surface area contributed by atoms with Gasteiger partial charge in [0.25, 0.3) is 0 Å². The Morgan fingerprint density at radius 2 is 0.331 bits per heavy atom. The molecule has 2 radical (unpaired) electrons. The summed E-state index contributed by atoms with van der Waals surface area (Å²) in [6.07, 6.45) is 43.2. The Bertz CT molecular complexity index is 3860. The van der Waals surface area contributed by atoms with Crippen molar-refractivity contribution in [2.75, 3.05) is 78.5 Å². The summed E-state index contributed by atoms with van der Waals surface area (Å²) in [5.41, 5.74) is 3.39. The molecule has 8 aromatic heterocycles. The fraction of sp³-hybridized carbons (Fsp3) is 0.180. The van der Waals surface area contributed by atoms with Crippen LogP contribution in [-0.4, -0.2) is 165 Å². The predicted octanol–water partition coefficient (Wildman–Crippen LogP) is 14.5. The minimum atomic E-state index is -0.0518. The predicted molar refractivity (Wildman–Crippen MR) is 489 cm³/mol. The van der Waals surface area contributed by atoms with E-state index in [1.54, 1.807) is 209 Å².